The molecule has 0 radical (unpaired) electrons. The Labute approximate surface area is 380 Å². The van der Waals surface area contributed by atoms with Crippen LogP contribution in [0.5, 0.6) is 0 Å². The van der Waals surface area contributed by atoms with Crippen molar-refractivity contribution in [1.29, 1.82) is 0 Å². The van der Waals surface area contributed by atoms with E-state index < -0.39 is 80.7 Å². The first kappa shape index (κ1) is 57.9. The Hall–Kier alpha value is -1.27. The smallest absolute Gasteiger partial charge is 0.306 e. The highest BCUT2D eigenvalue weighted by Gasteiger charge is 2.47. The van der Waals surface area contributed by atoms with E-state index >= 15 is 0 Å². The lowest BCUT2D eigenvalue weighted by Crippen LogP contribution is -2.61. The summed E-state index contributed by atoms with van der Waals surface area (Å²) in [5.74, 6) is -0.378. The zero-order valence-corrected chi connectivity index (χ0v) is 39.3. The summed E-state index contributed by atoms with van der Waals surface area (Å²) in [6.07, 6.45) is 21.5. The van der Waals surface area contributed by atoms with Crippen molar-refractivity contribution in [1.82, 2.24) is 0 Å². The summed E-state index contributed by atoms with van der Waals surface area (Å²) in [6.45, 7) is 3.67. The fourth-order valence-corrected chi connectivity index (χ4v) is 8.10. The van der Waals surface area contributed by atoms with Crippen LogP contribution in [0, 0.1) is 0 Å². The van der Waals surface area contributed by atoms with Crippen molar-refractivity contribution < 1.29 is 69.0 Å². The number of aliphatic hydroxyl groups excluding tert-OH is 7. The Balaban J connectivity index is 1.72. The molecule has 0 aromatic carbocycles. The molecular weight excluding hydrogens is 813 g/mol. The maximum atomic E-state index is 12.9. The van der Waals surface area contributed by atoms with Gasteiger partial charge in [-0.3, -0.25) is 4.79 Å². The lowest BCUT2D eigenvalue weighted by atomic mass is 9.98. The van der Waals surface area contributed by atoms with Crippen LogP contribution >= 0.6 is 0 Å². The Morgan fingerprint density at radius 2 is 0.937 bits per heavy atom. The SMILES string of the molecule is CCCCCCCC/C=C\CCCCCCCCCCCCOCC(COC1OC(COC2OC(CO)C(O)C(O)C2O)C(O)C(O)C1O)OC(=O)CCCCCCCCCCC. The van der Waals surface area contributed by atoms with Crippen LogP contribution in [-0.2, 0) is 33.2 Å². The Kier molecular flexibility index (Phi) is 34.7. The van der Waals surface area contributed by atoms with Crippen molar-refractivity contribution in [3.8, 4) is 0 Å². The summed E-state index contributed by atoms with van der Waals surface area (Å²) in [5.41, 5.74) is 0. The molecule has 0 aliphatic carbocycles. The number of allylic oxidation sites excluding steroid dienone is 2. The van der Waals surface area contributed by atoms with Crippen LogP contribution in [-0.4, -0.2) is 142 Å². The maximum absolute atomic E-state index is 12.9. The molecule has 14 nitrogen and oxygen atoms in total. The summed E-state index contributed by atoms with van der Waals surface area (Å²) in [7, 11) is 0. The lowest BCUT2D eigenvalue weighted by Gasteiger charge is -2.42. The highest BCUT2D eigenvalue weighted by atomic mass is 16.7. The topological polar surface area (TPSA) is 214 Å². The number of esters is 1. The molecule has 2 rings (SSSR count). The van der Waals surface area contributed by atoms with E-state index in [1.807, 2.05) is 0 Å². The third kappa shape index (κ3) is 26.0. The minimum atomic E-state index is -1.70. The predicted molar refractivity (Wildman–Crippen MR) is 243 cm³/mol. The van der Waals surface area contributed by atoms with Crippen molar-refractivity contribution in [2.45, 2.75) is 261 Å². The van der Waals surface area contributed by atoms with E-state index in [4.69, 9.17) is 28.4 Å². The highest BCUT2D eigenvalue weighted by Crippen LogP contribution is 2.26. The van der Waals surface area contributed by atoms with Gasteiger partial charge in [0.1, 0.15) is 54.9 Å². The minimum Gasteiger partial charge on any atom is -0.457 e. The van der Waals surface area contributed by atoms with Gasteiger partial charge in [-0.1, -0.05) is 161 Å². The summed E-state index contributed by atoms with van der Waals surface area (Å²) in [5, 5.41) is 72.0. The standard InChI is InChI=1S/C49H92O14/c1-3-5-7-9-11-13-14-15-16-17-18-19-20-21-22-23-25-27-29-31-33-58-35-38(61-41(51)32-30-28-26-24-12-10-8-6-4-2)36-59-48-47(57)45(55)43(53)40(63-48)37-60-49-46(56)44(54)42(52)39(34-50)62-49/h15-16,38-40,42-50,52-57H,3-14,17-37H2,1-2H3/b16-15-. The molecule has 0 saturated carbocycles. The molecule has 372 valence electrons. The van der Waals surface area contributed by atoms with Crippen LogP contribution in [0.3, 0.4) is 0 Å². The fraction of sp³-hybridized carbons (Fsp3) is 0.939. The quantitative estimate of drug-likeness (QED) is 0.0186. The lowest BCUT2D eigenvalue weighted by molar-refractivity contribution is -0.332. The molecule has 2 fully saturated rings. The molecule has 11 unspecified atom stereocenters. The Bertz CT molecular complexity index is 1100. The average Bonchev–Trinajstić information content (AvgIpc) is 3.28. The number of ether oxygens (including phenoxy) is 6. The van der Waals surface area contributed by atoms with Crippen molar-refractivity contribution >= 4 is 5.97 Å². The van der Waals surface area contributed by atoms with Gasteiger partial charge in [0.05, 0.1) is 26.4 Å². The molecule has 0 amide bonds. The van der Waals surface area contributed by atoms with Crippen LogP contribution in [0.25, 0.3) is 0 Å². The molecule has 0 spiro atoms. The van der Waals surface area contributed by atoms with E-state index in [0.717, 1.165) is 38.5 Å². The highest BCUT2D eigenvalue weighted by molar-refractivity contribution is 5.69. The van der Waals surface area contributed by atoms with Gasteiger partial charge in [0.15, 0.2) is 12.6 Å². The Morgan fingerprint density at radius 3 is 1.44 bits per heavy atom. The maximum Gasteiger partial charge on any atom is 0.306 e. The van der Waals surface area contributed by atoms with Crippen molar-refractivity contribution in [2.75, 3.05) is 33.0 Å². The molecule has 11 atom stereocenters. The third-order valence-electron chi connectivity index (χ3n) is 12.3. The van der Waals surface area contributed by atoms with Gasteiger partial charge in [-0.05, 0) is 38.5 Å². The predicted octanol–water partition coefficient (Wildman–Crippen LogP) is 7.07. The largest absolute Gasteiger partial charge is 0.457 e. The van der Waals surface area contributed by atoms with Crippen LogP contribution < -0.4 is 0 Å². The molecule has 2 aliphatic rings. The first-order chi connectivity index (χ1) is 30.6. The average molecular weight is 905 g/mol. The van der Waals surface area contributed by atoms with E-state index in [2.05, 4.69) is 26.0 Å². The number of aliphatic hydroxyl groups is 7. The van der Waals surface area contributed by atoms with Crippen molar-refractivity contribution in [3.05, 3.63) is 12.2 Å². The molecule has 14 heteroatoms. The van der Waals surface area contributed by atoms with Crippen molar-refractivity contribution in [2.24, 2.45) is 0 Å². The van der Waals surface area contributed by atoms with Gasteiger partial charge < -0.3 is 64.2 Å². The fourth-order valence-electron chi connectivity index (χ4n) is 8.10. The second-order valence-corrected chi connectivity index (χ2v) is 18.0. The number of carbonyl (C=O) groups excluding carboxylic acids is 1. The monoisotopic (exact) mass is 905 g/mol. The molecule has 0 aromatic heterocycles. The molecule has 2 saturated heterocycles. The number of hydrogen-bond donors (Lipinski definition) is 7. The first-order valence-corrected chi connectivity index (χ1v) is 25.3. The van der Waals surface area contributed by atoms with Gasteiger partial charge in [-0.2, -0.15) is 0 Å². The summed E-state index contributed by atoms with van der Waals surface area (Å²) in [6, 6.07) is 0. The Morgan fingerprint density at radius 1 is 0.508 bits per heavy atom. The summed E-state index contributed by atoms with van der Waals surface area (Å²) in [4.78, 5) is 12.9. The van der Waals surface area contributed by atoms with Gasteiger partial charge in [-0.25, -0.2) is 0 Å². The van der Waals surface area contributed by atoms with Crippen LogP contribution in [0.1, 0.15) is 194 Å². The van der Waals surface area contributed by atoms with Crippen LogP contribution in [0.4, 0.5) is 0 Å². The normalized spacial score (nSPS) is 27.0. The second kappa shape index (κ2) is 37.8. The summed E-state index contributed by atoms with van der Waals surface area (Å²) < 4.78 is 34.2. The van der Waals surface area contributed by atoms with Gasteiger partial charge in [-0.15, -0.1) is 0 Å². The molecule has 2 aliphatic heterocycles. The van der Waals surface area contributed by atoms with Gasteiger partial charge in [0.2, 0.25) is 0 Å². The zero-order valence-electron chi connectivity index (χ0n) is 39.3. The minimum absolute atomic E-state index is 0.0655. The van der Waals surface area contributed by atoms with E-state index in [9.17, 15) is 40.5 Å². The molecular formula is C49H92O14. The van der Waals surface area contributed by atoms with E-state index in [1.54, 1.807) is 0 Å². The van der Waals surface area contributed by atoms with Crippen LogP contribution in [0.15, 0.2) is 12.2 Å². The van der Waals surface area contributed by atoms with Gasteiger partial charge >= 0.3 is 5.97 Å². The third-order valence-corrected chi connectivity index (χ3v) is 12.3. The number of hydrogen-bond acceptors (Lipinski definition) is 14. The number of carbonyl (C=O) groups is 1. The van der Waals surface area contributed by atoms with Crippen LogP contribution in [0.2, 0.25) is 0 Å². The molecule has 0 aromatic rings. The van der Waals surface area contributed by atoms with E-state index in [0.29, 0.717) is 13.0 Å². The first-order valence-electron chi connectivity index (χ1n) is 25.3. The molecule has 7 N–H and O–H groups in total. The number of rotatable bonds is 40. The van der Waals surface area contributed by atoms with Crippen molar-refractivity contribution in [3.63, 3.8) is 0 Å². The van der Waals surface area contributed by atoms with E-state index in [-0.39, 0.29) is 25.6 Å². The van der Waals surface area contributed by atoms with Gasteiger partial charge in [0, 0.05) is 13.0 Å². The zero-order chi connectivity index (χ0) is 45.9. The van der Waals surface area contributed by atoms with Gasteiger partial charge in [0.25, 0.3) is 0 Å². The summed E-state index contributed by atoms with van der Waals surface area (Å²) >= 11 is 0. The molecule has 63 heavy (non-hydrogen) atoms. The van der Waals surface area contributed by atoms with E-state index in [1.165, 1.54) is 128 Å². The number of unbranched alkanes of at least 4 members (excludes halogenated alkanes) is 24. The second-order valence-electron chi connectivity index (χ2n) is 18.0. The molecule has 0 bridgehead atoms. The molecule has 2 heterocycles.